The molecule has 0 radical (unpaired) electrons. The highest BCUT2D eigenvalue weighted by molar-refractivity contribution is 6.29. The van der Waals surface area contributed by atoms with Crippen LogP contribution in [0.4, 0.5) is 5.69 Å². The fourth-order valence-electron chi connectivity index (χ4n) is 1.68. The van der Waals surface area contributed by atoms with E-state index in [0.717, 1.165) is 10.3 Å². The van der Waals surface area contributed by atoms with Crippen LogP contribution >= 0.6 is 11.6 Å². The van der Waals surface area contributed by atoms with Crippen molar-refractivity contribution in [2.45, 2.75) is 6.54 Å². The second-order valence-electron chi connectivity index (χ2n) is 4.14. The molecule has 0 aliphatic heterocycles. The van der Waals surface area contributed by atoms with Crippen LogP contribution in [0.25, 0.3) is 0 Å². The smallest absolute Gasteiger partial charge is 0.330 e. The lowest BCUT2D eigenvalue weighted by molar-refractivity contribution is 0.671. The summed E-state index contributed by atoms with van der Waals surface area (Å²) in [7, 11) is 3.06. The molecule has 19 heavy (non-hydrogen) atoms. The molecule has 2 aromatic heterocycles. The van der Waals surface area contributed by atoms with E-state index in [4.69, 9.17) is 11.6 Å². The first-order valence-corrected chi connectivity index (χ1v) is 5.98. The van der Waals surface area contributed by atoms with Crippen molar-refractivity contribution in [3.05, 3.63) is 56.1 Å². The minimum Gasteiger partial charge on any atom is -0.379 e. The average molecular weight is 281 g/mol. The van der Waals surface area contributed by atoms with Crippen molar-refractivity contribution in [3.8, 4) is 0 Å². The predicted molar refractivity (Wildman–Crippen MR) is 73.5 cm³/mol. The van der Waals surface area contributed by atoms with E-state index in [9.17, 15) is 9.59 Å². The van der Waals surface area contributed by atoms with Gasteiger partial charge in [0.2, 0.25) is 0 Å². The van der Waals surface area contributed by atoms with E-state index >= 15 is 0 Å². The van der Waals surface area contributed by atoms with Crippen molar-refractivity contribution in [1.29, 1.82) is 0 Å². The molecule has 1 N–H and O–H groups in total. The number of aromatic nitrogens is 3. The van der Waals surface area contributed by atoms with Gasteiger partial charge in [-0.2, -0.15) is 0 Å². The van der Waals surface area contributed by atoms with Gasteiger partial charge in [0.25, 0.3) is 5.56 Å². The summed E-state index contributed by atoms with van der Waals surface area (Å²) < 4.78 is 2.45. The second-order valence-corrected chi connectivity index (χ2v) is 4.52. The van der Waals surface area contributed by atoms with Gasteiger partial charge in [0, 0.05) is 26.8 Å². The summed E-state index contributed by atoms with van der Waals surface area (Å²) in [6, 6.07) is 3.42. The summed E-state index contributed by atoms with van der Waals surface area (Å²) in [5.74, 6) is 0. The topological polar surface area (TPSA) is 68.9 Å². The number of nitrogens with one attached hydrogen (secondary N) is 1. The highest BCUT2D eigenvalue weighted by Gasteiger charge is 2.06. The Morgan fingerprint density at radius 1 is 1.32 bits per heavy atom. The van der Waals surface area contributed by atoms with Crippen molar-refractivity contribution in [2.75, 3.05) is 5.32 Å². The van der Waals surface area contributed by atoms with Gasteiger partial charge in [-0.15, -0.1) is 0 Å². The Morgan fingerprint density at radius 2 is 2.05 bits per heavy atom. The summed E-state index contributed by atoms with van der Waals surface area (Å²) >= 11 is 5.68. The van der Waals surface area contributed by atoms with E-state index in [0.29, 0.717) is 17.3 Å². The van der Waals surface area contributed by atoms with E-state index in [1.54, 1.807) is 25.4 Å². The van der Waals surface area contributed by atoms with E-state index in [1.807, 2.05) is 0 Å². The molecule has 0 saturated carbocycles. The monoisotopic (exact) mass is 280 g/mol. The van der Waals surface area contributed by atoms with Gasteiger partial charge in [0.1, 0.15) is 5.15 Å². The molecular formula is C12H13ClN4O2. The molecule has 2 heterocycles. The molecule has 7 heteroatoms. The third-order valence-corrected chi connectivity index (χ3v) is 2.95. The Labute approximate surface area is 114 Å². The molecule has 0 atom stereocenters. The first-order chi connectivity index (χ1) is 8.99. The molecule has 0 bridgehead atoms. The van der Waals surface area contributed by atoms with Gasteiger partial charge in [-0.25, -0.2) is 9.78 Å². The quantitative estimate of drug-likeness (QED) is 0.842. The number of aryl methyl sites for hydroxylation is 1. The maximum atomic E-state index is 11.9. The first kappa shape index (κ1) is 13.4. The molecule has 100 valence electrons. The minimum absolute atomic E-state index is 0.308. The van der Waals surface area contributed by atoms with Crippen molar-refractivity contribution >= 4 is 17.3 Å². The highest BCUT2D eigenvalue weighted by atomic mass is 35.5. The Bertz CT molecular complexity index is 703. The Balaban J connectivity index is 2.23. The molecule has 0 unspecified atom stereocenters. The van der Waals surface area contributed by atoms with Gasteiger partial charge in [-0.1, -0.05) is 11.6 Å². The van der Waals surface area contributed by atoms with E-state index in [-0.39, 0.29) is 11.2 Å². The number of rotatable bonds is 3. The molecule has 6 nitrogen and oxygen atoms in total. The zero-order chi connectivity index (χ0) is 14.0. The fourth-order valence-corrected chi connectivity index (χ4v) is 1.79. The Kier molecular flexibility index (Phi) is 3.71. The van der Waals surface area contributed by atoms with Gasteiger partial charge in [0.05, 0.1) is 17.4 Å². The van der Waals surface area contributed by atoms with Crippen molar-refractivity contribution in [2.24, 2.45) is 14.1 Å². The lowest BCUT2D eigenvalue weighted by Gasteiger charge is -2.08. The molecule has 0 amide bonds. The van der Waals surface area contributed by atoms with Crippen LogP contribution in [-0.4, -0.2) is 14.1 Å². The van der Waals surface area contributed by atoms with Gasteiger partial charge in [0.15, 0.2) is 0 Å². The lowest BCUT2D eigenvalue weighted by Crippen LogP contribution is -2.38. The Hall–Kier alpha value is -2.08. The van der Waals surface area contributed by atoms with Gasteiger partial charge < -0.3 is 9.88 Å². The van der Waals surface area contributed by atoms with E-state index in [1.165, 1.54) is 17.8 Å². The standard InChI is InChI=1S/C12H13ClN4O2/c1-16-7-8(11(18)17(2)12(16)19)5-14-9-3-4-10(13)15-6-9/h3-4,6-7,14H,5H2,1-2H3. The third-order valence-electron chi connectivity index (χ3n) is 2.73. The van der Waals surface area contributed by atoms with Crippen molar-refractivity contribution in [3.63, 3.8) is 0 Å². The van der Waals surface area contributed by atoms with Gasteiger partial charge >= 0.3 is 5.69 Å². The van der Waals surface area contributed by atoms with Crippen molar-refractivity contribution in [1.82, 2.24) is 14.1 Å². The summed E-state index contributed by atoms with van der Waals surface area (Å²) in [4.78, 5) is 27.4. The number of hydrogen-bond donors (Lipinski definition) is 1. The lowest BCUT2D eigenvalue weighted by atomic mass is 10.3. The maximum Gasteiger partial charge on any atom is 0.330 e. The van der Waals surface area contributed by atoms with Crippen LogP contribution in [0.3, 0.4) is 0 Å². The SMILES string of the molecule is Cn1cc(CNc2ccc(Cl)nc2)c(=O)n(C)c1=O. The molecule has 0 aromatic carbocycles. The zero-order valence-corrected chi connectivity index (χ0v) is 11.3. The summed E-state index contributed by atoms with van der Waals surface area (Å²) in [6.07, 6.45) is 3.11. The fraction of sp³-hybridized carbons (Fsp3) is 0.250. The first-order valence-electron chi connectivity index (χ1n) is 5.60. The summed E-state index contributed by atoms with van der Waals surface area (Å²) in [6.45, 7) is 0.310. The van der Waals surface area contributed by atoms with Crippen molar-refractivity contribution < 1.29 is 0 Å². The Morgan fingerprint density at radius 3 is 2.68 bits per heavy atom. The number of hydrogen-bond acceptors (Lipinski definition) is 4. The largest absolute Gasteiger partial charge is 0.379 e. The highest BCUT2D eigenvalue weighted by Crippen LogP contribution is 2.10. The molecule has 2 aromatic rings. The van der Waals surface area contributed by atoms with E-state index in [2.05, 4.69) is 10.3 Å². The number of halogens is 1. The molecule has 0 spiro atoms. The maximum absolute atomic E-state index is 11.9. The molecule has 2 rings (SSSR count). The van der Waals surface area contributed by atoms with Crippen LogP contribution in [0.15, 0.2) is 34.1 Å². The van der Waals surface area contributed by atoms with Crippen LogP contribution in [0.2, 0.25) is 5.15 Å². The average Bonchev–Trinajstić information content (AvgIpc) is 2.41. The van der Waals surface area contributed by atoms with Crippen LogP contribution in [0, 0.1) is 0 Å². The van der Waals surface area contributed by atoms with Crippen LogP contribution < -0.4 is 16.6 Å². The van der Waals surface area contributed by atoms with Crippen LogP contribution in [-0.2, 0) is 20.6 Å². The predicted octanol–water partition coefficient (Wildman–Crippen LogP) is 0.744. The molecule has 0 aliphatic carbocycles. The molecule has 0 saturated heterocycles. The normalized spacial score (nSPS) is 10.5. The third kappa shape index (κ3) is 2.85. The number of anilines is 1. The number of nitrogens with zero attached hydrogens (tertiary/aromatic N) is 3. The number of pyridine rings is 1. The van der Waals surface area contributed by atoms with E-state index < -0.39 is 0 Å². The van der Waals surface area contributed by atoms with Gasteiger partial charge in [-0.3, -0.25) is 9.36 Å². The second kappa shape index (κ2) is 5.27. The van der Waals surface area contributed by atoms with Crippen LogP contribution in [0.1, 0.15) is 5.56 Å². The minimum atomic E-state index is -0.345. The van der Waals surface area contributed by atoms with Gasteiger partial charge in [-0.05, 0) is 12.1 Å². The molecule has 0 aliphatic rings. The van der Waals surface area contributed by atoms with Crippen LogP contribution in [0.5, 0.6) is 0 Å². The molecular weight excluding hydrogens is 268 g/mol. The molecule has 0 fully saturated rings. The zero-order valence-electron chi connectivity index (χ0n) is 10.6. The summed E-state index contributed by atoms with van der Waals surface area (Å²) in [5, 5.41) is 3.46. The summed E-state index contributed by atoms with van der Waals surface area (Å²) in [5.41, 5.74) is 0.597.